The van der Waals surface area contributed by atoms with Crippen molar-refractivity contribution in [1.29, 1.82) is 0 Å². The second kappa shape index (κ2) is 43.9. The number of esters is 7. The molecular weight excluding hydrogens is 2750 g/mol. The molecule has 12 atom stereocenters. The van der Waals surface area contributed by atoms with E-state index in [0.717, 1.165) is 110 Å². The first-order valence-electron chi connectivity index (χ1n) is 37.1. The third-order valence-corrected chi connectivity index (χ3v) is 35.6. The normalized spacial score (nSPS) is 22.0. The highest BCUT2D eigenvalue weighted by Gasteiger charge is 2.59. The molecule has 0 aliphatic heterocycles. The number of rotatable bonds is 35. The maximum atomic E-state index is 14.0. The Labute approximate surface area is 805 Å². The highest BCUT2D eigenvalue weighted by molar-refractivity contribution is 14.1. The van der Waals surface area contributed by atoms with Crippen LogP contribution in [-0.2, 0) is 92.4 Å². The highest BCUT2D eigenvalue weighted by atomic mass is 127. The highest BCUT2D eigenvalue weighted by Crippen LogP contribution is 2.67. The molecule has 4 unspecified atom stereocenters. The van der Waals surface area contributed by atoms with Gasteiger partial charge in [0.05, 0.1) is 59.3 Å². The summed E-state index contributed by atoms with van der Waals surface area (Å²) in [6.07, 6.45) is 12.4. The number of carbonyl (C=O) groups excluding carboxylic acids is 7. The Kier molecular flexibility index (Phi) is 38.4. The minimum atomic E-state index is -1.15. The second-order valence-corrected chi connectivity index (χ2v) is 43.5. The monoisotopic (exact) mass is 2850 g/mol. The molecule has 30 heteroatoms. The first-order valence-corrected chi connectivity index (χ1v) is 50.1. The maximum Gasteiger partial charge on any atom is 0.309 e. The van der Waals surface area contributed by atoms with E-state index in [-0.39, 0.29) is 62.6 Å². The van der Waals surface area contributed by atoms with Gasteiger partial charge >= 0.3 is 41.8 Å². The van der Waals surface area contributed by atoms with Gasteiger partial charge in [0.25, 0.3) is 0 Å². The van der Waals surface area contributed by atoms with Crippen LogP contribution in [0.4, 0.5) is 22.7 Å². The molecule has 0 spiro atoms. The third-order valence-electron chi connectivity index (χ3n) is 23.2. The number of nitrogens with two attached hydrogens (primary N) is 4. The lowest BCUT2D eigenvalue weighted by atomic mass is 9.47. The largest absolute Gasteiger partial charge is 0.462 e. The lowest BCUT2D eigenvalue weighted by Gasteiger charge is -2.58. The van der Waals surface area contributed by atoms with Gasteiger partial charge < -0.3 is 56.1 Å². The summed E-state index contributed by atoms with van der Waals surface area (Å²) in [4.78, 5) is 96.9. The Morgan fingerprint density at radius 2 is 0.817 bits per heavy atom. The zero-order chi connectivity index (χ0) is 80.3. The summed E-state index contributed by atoms with van der Waals surface area (Å²) in [6, 6.07) is 8.00. The molecule has 3 saturated carbocycles. The number of fused-ring (bicyclic) bond motifs is 5. The van der Waals surface area contributed by atoms with Crippen molar-refractivity contribution in [3.8, 4) is 0 Å². The first kappa shape index (κ1) is 95.3. The summed E-state index contributed by atoms with van der Waals surface area (Å²) in [6.45, 7) is 13.7. The van der Waals surface area contributed by atoms with Gasteiger partial charge in [-0.25, -0.2) is 0 Å². The number of allylic oxidation sites excluding steroid dienone is 1. The smallest absolute Gasteiger partial charge is 0.309 e. The fourth-order valence-corrected chi connectivity index (χ4v) is 32.0. The van der Waals surface area contributed by atoms with E-state index in [1.165, 1.54) is 5.57 Å². The predicted molar refractivity (Wildman–Crippen MR) is 527 cm³/mol. The Hall–Kier alpha value is 0.870. The van der Waals surface area contributed by atoms with E-state index in [2.05, 4.69) is 298 Å². The molecule has 0 bridgehead atoms. The zero-order valence-electron chi connectivity index (χ0n) is 62.1. The van der Waals surface area contributed by atoms with Crippen molar-refractivity contribution in [2.75, 3.05) is 49.4 Å². The van der Waals surface area contributed by atoms with Gasteiger partial charge in [-0.15, -0.1) is 0 Å². The van der Waals surface area contributed by atoms with Crippen LogP contribution in [0.5, 0.6) is 0 Å². The van der Waals surface area contributed by atoms with Gasteiger partial charge in [0.1, 0.15) is 32.5 Å². The number of carbonyl (C=O) groups is 7. The summed E-state index contributed by atoms with van der Waals surface area (Å²) < 4.78 is 53.2. The number of benzene rings is 4. The van der Waals surface area contributed by atoms with Gasteiger partial charge in [0.15, 0.2) is 12.2 Å². The molecule has 0 heterocycles. The molecule has 4 aromatic carbocycles. The molecule has 109 heavy (non-hydrogen) atoms. The van der Waals surface area contributed by atoms with Crippen molar-refractivity contribution >= 4 is 336 Å². The van der Waals surface area contributed by atoms with Gasteiger partial charge in [-0.1, -0.05) is 60.1 Å². The van der Waals surface area contributed by atoms with Gasteiger partial charge in [0.2, 0.25) is 0 Å². The van der Waals surface area contributed by atoms with Gasteiger partial charge in [-0.2, -0.15) is 0 Å². The molecule has 0 saturated heterocycles. The quantitative estimate of drug-likeness (QED) is 0.0109. The number of hydrogen-bond donors (Lipinski definition) is 4. The van der Waals surface area contributed by atoms with Crippen molar-refractivity contribution < 1.29 is 66.7 Å². The van der Waals surface area contributed by atoms with Crippen molar-refractivity contribution in [1.82, 2.24) is 0 Å². The van der Waals surface area contributed by atoms with Crippen LogP contribution in [0, 0.1) is 107 Å². The summed E-state index contributed by atoms with van der Waals surface area (Å²) in [5, 5.41) is 0. The second-order valence-electron chi connectivity index (χ2n) is 29.9. The Morgan fingerprint density at radius 1 is 0.459 bits per heavy atom. The van der Waals surface area contributed by atoms with Crippen LogP contribution in [0.3, 0.4) is 0 Å². The van der Waals surface area contributed by atoms with E-state index in [0.29, 0.717) is 123 Å². The predicted octanol–water partition coefficient (Wildman–Crippen LogP) is 20.7. The Morgan fingerprint density at radius 3 is 1.18 bits per heavy atom. The Bertz CT molecular complexity index is 3880. The average Bonchev–Trinajstić information content (AvgIpc) is 1.66. The minimum absolute atomic E-state index is 0.0275. The number of hydrogen-bond acceptors (Lipinski definition) is 18. The van der Waals surface area contributed by atoms with Crippen LogP contribution >= 0.6 is 271 Å². The number of halogens is 12. The van der Waals surface area contributed by atoms with E-state index >= 15 is 0 Å². The summed E-state index contributed by atoms with van der Waals surface area (Å²) in [5.74, 6) is -3.08. The molecule has 8 N–H and O–H groups in total. The molecular formula is C79H96I12N4O14. The summed E-state index contributed by atoms with van der Waals surface area (Å²) in [5.41, 5.74) is 33.7. The van der Waals surface area contributed by atoms with Crippen LogP contribution < -0.4 is 22.9 Å². The standard InChI is InChI=1S/C79H96I12N4O14/c1-8-39(25-48-55(80)30-59(84)70(92)66(48)88)74(99)103-34-45(35-104-75(100)40(9-2)26-49-56(81)31-60(85)71(93)67(49)89)108-63(96)14-12-13-38(5)52-17-18-53-47-16-15-43-29-44(21-23-78(43,6)54(47)22-24-79(52,53)7)107-64(97)19-20-65(98)109-46(36-105-76(101)41(10-3)27-50-57(82)32-61(86)72(94)68(50)90)37-106-77(102)42(11-4)28-51-58(83)33-62(87)73(95)69(51)91/h15,30-33,38-42,44-47,52-54H,8-14,16-29,34-37,92-95H2,1-7H3/t38-,39?,40?,41?,42?,44+,45?,46?,47+,52-,53+,54+,78+,79-/m1/s1. The summed E-state index contributed by atoms with van der Waals surface area (Å²) >= 11 is 26.8. The van der Waals surface area contributed by atoms with E-state index in [4.69, 9.17) is 56.1 Å². The van der Waals surface area contributed by atoms with Crippen LogP contribution in [0.1, 0.15) is 180 Å². The van der Waals surface area contributed by atoms with Crippen molar-refractivity contribution in [3.05, 3.63) is 101 Å². The molecule has 18 nitrogen and oxygen atoms in total. The molecule has 4 aliphatic carbocycles. The van der Waals surface area contributed by atoms with E-state index in [1.54, 1.807) is 0 Å². The lowest BCUT2D eigenvalue weighted by molar-refractivity contribution is -0.170. The molecule has 4 aromatic rings. The fraction of sp³-hybridized carbons (Fsp3) is 0.582. The molecule has 8 rings (SSSR count). The molecule has 0 aromatic heterocycles. The number of ether oxygens (including phenoxy) is 7. The lowest BCUT2D eigenvalue weighted by Crippen LogP contribution is -2.51. The molecule has 3 fully saturated rings. The van der Waals surface area contributed by atoms with Crippen LogP contribution in [0.15, 0.2) is 35.9 Å². The van der Waals surface area contributed by atoms with Crippen molar-refractivity contribution in [3.63, 3.8) is 0 Å². The van der Waals surface area contributed by atoms with Crippen molar-refractivity contribution in [2.45, 2.75) is 202 Å². The van der Waals surface area contributed by atoms with Crippen molar-refractivity contribution in [2.24, 2.45) is 64.1 Å². The van der Waals surface area contributed by atoms with Crippen LogP contribution in [0.25, 0.3) is 0 Å². The fourth-order valence-electron chi connectivity index (χ4n) is 16.7. The zero-order valence-corrected chi connectivity index (χ0v) is 87.9. The SMILES string of the molecule is CCC(Cc1c(I)cc(I)c(N)c1I)C(=O)OCC(COC(=O)C(CC)Cc1c(I)cc(I)c(N)c1I)OC(=O)CCC[C@@H](C)[C@H]1CC[C@H]2[C@@H]3CC=C4C[C@@H](OC(=O)CCC(=O)OC(COC(=O)C(CC)Cc5c(I)cc(I)c(N)c5I)COC(=O)C(CC)Cc5c(I)cc(I)c(N)c5I)CC[C@]4(C)[C@H]3CC[C@]12C. The van der Waals surface area contributed by atoms with Crippen LogP contribution in [-0.4, -0.2) is 86.5 Å². The van der Waals surface area contributed by atoms with Crippen LogP contribution in [0.2, 0.25) is 0 Å². The maximum absolute atomic E-state index is 14.0. The number of nitrogen functional groups attached to an aromatic ring is 4. The van der Waals surface area contributed by atoms with E-state index in [1.807, 2.05) is 52.0 Å². The Balaban J connectivity index is 0.841. The van der Waals surface area contributed by atoms with Gasteiger partial charge in [-0.05, 0) is 467 Å². The minimum Gasteiger partial charge on any atom is -0.462 e. The summed E-state index contributed by atoms with van der Waals surface area (Å²) in [7, 11) is 0. The molecule has 600 valence electrons. The average molecular weight is 2850 g/mol. The third kappa shape index (κ3) is 24.4. The number of anilines is 4. The van der Waals surface area contributed by atoms with E-state index in [9.17, 15) is 33.6 Å². The van der Waals surface area contributed by atoms with E-state index < -0.39 is 77.7 Å². The first-order chi connectivity index (χ1) is 51.5. The van der Waals surface area contributed by atoms with Gasteiger partial charge in [0, 0.05) is 55.7 Å². The molecule has 0 amide bonds. The topological polar surface area (TPSA) is 288 Å². The van der Waals surface area contributed by atoms with Gasteiger partial charge in [-0.3, -0.25) is 33.6 Å². The molecule has 4 aliphatic rings. The molecule has 0 radical (unpaired) electrons.